The second-order valence-electron chi connectivity index (χ2n) is 4.18. The smallest absolute Gasteiger partial charge is 0.162 e. The maximum atomic E-state index is 6.04. The molecule has 0 aliphatic heterocycles. The summed E-state index contributed by atoms with van der Waals surface area (Å²) >= 11 is 15.6. The monoisotopic (exact) mass is 344 g/mol. The fourth-order valence-electron chi connectivity index (χ4n) is 1.67. The zero-order valence-corrected chi connectivity index (χ0v) is 13.3. The van der Waals surface area contributed by atoms with Crippen LogP contribution in [0.3, 0.4) is 0 Å². The molecule has 1 aromatic carbocycles. The quantitative estimate of drug-likeness (QED) is 0.669. The lowest BCUT2D eigenvalue weighted by Crippen LogP contribution is -1.95. The molecule has 2 aromatic rings. The van der Waals surface area contributed by atoms with E-state index in [9.17, 15) is 0 Å². The molecule has 0 unspecified atom stereocenters. The molecule has 0 amide bonds. The van der Waals surface area contributed by atoms with Gasteiger partial charge in [0.25, 0.3) is 0 Å². The normalized spacial score (nSPS) is 10.8. The van der Waals surface area contributed by atoms with Crippen molar-refractivity contribution >= 4 is 39.1 Å². The fourth-order valence-corrected chi connectivity index (χ4v) is 2.28. The van der Waals surface area contributed by atoms with Gasteiger partial charge in [0.2, 0.25) is 0 Å². The predicted molar refractivity (Wildman–Crippen MR) is 79.4 cm³/mol. The Kier molecular flexibility index (Phi) is 3.95. The van der Waals surface area contributed by atoms with E-state index >= 15 is 0 Å². The zero-order chi connectivity index (χ0) is 13.4. The highest BCUT2D eigenvalue weighted by Crippen LogP contribution is 2.29. The minimum absolute atomic E-state index is 0.392. The van der Waals surface area contributed by atoms with Crippen molar-refractivity contribution < 1.29 is 0 Å². The molecule has 5 heteroatoms. The lowest BCUT2D eigenvalue weighted by molar-refractivity contribution is 1.13. The van der Waals surface area contributed by atoms with Gasteiger partial charge in [0.15, 0.2) is 5.82 Å². The molecule has 0 aliphatic rings. The van der Waals surface area contributed by atoms with Crippen molar-refractivity contribution in [1.82, 2.24) is 9.97 Å². The molecule has 2 rings (SSSR count). The summed E-state index contributed by atoms with van der Waals surface area (Å²) in [4.78, 5) is 8.54. The summed E-state index contributed by atoms with van der Waals surface area (Å²) < 4.78 is 1.09. The molecule has 0 saturated heterocycles. The lowest BCUT2D eigenvalue weighted by Gasteiger charge is -2.08. The molecule has 0 fully saturated rings. The van der Waals surface area contributed by atoms with E-state index in [1.807, 2.05) is 26.0 Å². The largest absolute Gasteiger partial charge is 0.216 e. The summed E-state index contributed by atoms with van der Waals surface area (Å²) in [6, 6.07) is 4.02. The van der Waals surface area contributed by atoms with Crippen molar-refractivity contribution in [1.29, 1.82) is 0 Å². The molecule has 1 aromatic heterocycles. The van der Waals surface area contributed by atoms with Gasteiger partial charge in [-0.25, -0.2) is 9.97 Å². The SMILES string of the molecule is Cc1cc(-c2nc(Cl)c(C)c(Cl)n2)cc(C)c1Br. The molecule has 94 valence electrons. The predicted octanol–water partition coefficient (Wildman–Crippen LogP) is 5.14. The molecule has 2 nitrogen and oxygen atoms in total. The van der Waals surface area contributed by atoms with Crippen molar-refractivity contribution in [3.8, 4) is 11.4 Å². The van der Waals surface area contributed by atoms with E-state index in [4.69, 9.17) is 23.2 Å². The highest BCUT2D eigenvalue weighted by Gasteiger charge is 2.11. The fraction of sp³-hybridized carbons (Fsp3) is 0.231. The summed E-state index contributed by atoms with van der Waals surface area (Å²) in [5, 5.41) is 0.784. The van der Waals surface area contributed by atoms with E-state index in [1.54, 1.807) is 6.92 Å². The van der Waals surface area contributed by atoms with Gasteiger partial charge in [-0.05, 0) is 44.0 Å². The Morgan fingerprint density at radius 3 is 1.83 bits per heavy atom. The van der Waals surface area contributed by atoms with Gasteiger partial charge in [0, 0.05) is 15.6 Å². The molecular weight excluding hydrogens is 335 g/mol. The van der Waals surface area contributed by atoms with E-state index in [2.05, 4.69) is 25.9 Å². The molecule has 0 bridgehead atoms. The molecule has 18 heavy (non-hydrogen) atoms. The molecule has 0 aliphatic carbocycles. The Morgan fingerprint density at radius 1 is 0.944 bits per heavy atom. The highest BCUT2D eigenvalue weighted by molar-refractivity contribution is 9.10. The van der Waals surface area contributed by atoms with Crippen molar-refractivity contribution in [3.63, 3.8) is 0 Å². The number of benzene rings is 1. The molecule has 0 atom stereocenters. The number of rotatable bonds is 1. The third-order valence-electron chi connectivity index (χ3n) is 2.72. The summed E-state index contributed by atoms with van der Waals surface area (Å²) in [5.41, 5.74) is 3.87. The third-order valence-corrected chi connectivity index (χ3v) is 4.71. The van der Waals surface area contributed by atoms with Crippen LogP contribution in [0.5, 0.6) is 0 Å². The molecule has 0 N–H and O–H groups in total. The molecule has 0 saturated carbocycles. The van der Waals surface area contributed by atoms with Gasteiger partial charge in [-0.2, -0.15) is 0 Å². The number of hydrogen-bond acceptors (Lipinski definition) is 2. The van der Waals surface area contributed by atoms with Crippen molar-refractivity contribution in [2.45, 2.75) is 20.8 Å². The summed E-state index contributed by atoms with van der Waals surface area (Å²) in [6.45, 7) is 5.85. The second kappa shape index (κ2) is 5.16. The van der Waals surface area contributed by atoms with Gasteiger partial charge in [0.1, 0.15) is 10.3 Å². The van der Waals surface area contributed by atoms with E-state index in [0.29, 0.717) is 21.7 Å². The van der Waals surface area contributed by atoms with Crippen LogP contribution < -0.4 is 0 Å². The highest BCUT2D eigenvalue weighted by atomic mass is 79.9. The van der Waals surface area contributed by atoms with E-state index in [0.717, 1.165) is 21.2 Å². The average Bonchev–Trinajstić information content (AvgIpc) is 2.31. The summed E-state index contributed by atoms with van der Waals surface area (Å²) in [7, 11) is 0. The van der Waals surface area contributed by atoms with Crippen LogP contribution in [-0.4, -0.2) is 9.97 Å². The first kappa shape index (κ1) is 13.8. The van der Waals surface area contributed by atoms with Crippen LogP contribution in [0.4, 0.5) is 0 Å². The first-order valence-corrected chi connectivity index (χ1v) is 6.92. The Labute approximate surface area is 124 Å². The first-order valence-electron chi connectivity index (χ1n) is 5.37. The third kappa shape index (κ3) is 2.53. The minimum Gasteiger partial charge on any atom is -0.216 e. The maximum absolute atomic E-state index is 6.04. The molecular formula is C13H11BrCl2N2. The number of aryl methyl sites for hydroxylation is 2. The summed E-state index contributed by atoms with van der Waals surface area (Å²) in [5.74, 6) is 0.550. The van der Waals surface area contributed by atoms with E-state index < -0.39 is 0 Å². The average molecular weight is 346 g/mol. The Hall–Kier alpha value is -0.640. The number of halogens is 3. The number of nitrogens with zero attached hydrogens (tertiary/aromatic N) is 2. The van der Waals surface area contributed by atoms with Crippen LogP contribution >= 0.6 is 39.1 Å². The minimum atomic E-state index is 0.392. The van der Waals surface area contributed by atoms with Crippen LogP contribution in [-0.2, 0) is 0 Å². The van der Waals surface area contributed by atoms with Crippen molar-refractivity contribution in [2.24, 2.45) is 0 Å². The van der Waals surface area contributed by atoms with Crippen molar-refractivity contribution in [2.75, 3.05) is 0 Å². The summed E-state index contributed by atoms with van der Waals surface area (Å²) in [6.07, 6.45) is 0. The maximum Gasteiger partial charge on any atom is 0.162 e. The Morgan fingerprint density at radius 2 is 1.39 bits per heavy atom. The van der Waals surface area contributed by atoms with Gasteiger partial charge >= 0.3 is 0 Å². The molecule has 1 heterocycles. The number of aromatic nitrogens is 2. The van der Waals surface area contributed by atoms with Gasteiger partial charge < -0.3 is 0 Å². The van der Waals surface area contributed by atoms with Gasteiger partial charge in [-0.1, -0.05) is 39.1 Å². The van der Waals surface area contributed by atoms with Gasteiger partial charge in [-0.3, -0.25) is 0 Å². The van der Waals surface area contributed by atoms with Crippen LogP contribution in [0.2, 0.25) is 10.3 Å². The van der Waals surface area contributed by atoms with Crippen LogP contribution in [0.25, 0.3) is 11.4 Å². The van der Waals surface area contributed by atoms with Gasteiger partial charge in [0.05, 0.1) is 0 Å². The lowest BCUT2D eigenvalue weighted by atomic mass is 10.1. The van der Waals surface area contributed by atoms with E-state index in [1.165, 1.54) is 0 Å². The van der Waals surface area contributed by atoms with Crippen LogP contribution in [0, 0.1) is 20.8 Å². The number of hydrogen-bond donors (Lipinski definition) is 0. The second-order valence-corrected chi connectivity index (χ2v) is 5.69. The Bertz CT molecular complexity index is 525. The topological polar surface area (TPSA) is 25.8 Å². The van der Waals surface area contributed by atoms with Gasteiger partial charge in [-0.15, -0.1) is 0 Å². The standard InChI is InChI=1S/C13H11BrCl2N2/c1-6-4-9(5-7(2)10(6)14)13-17-11(15)8(3)12(16)18-13/h4-5H,1-3H3. The van der Waals surface area contributed by atoms with Crippen LogP contribution in [0.1, 0.15) is 16.7 Å². The Balaban J connectivity index is 2.63. The molecule has 0 spiro atoms. The first-order chi connectivity index (χ1) is 8.40. The zero-order valence-electron chi connectivity index (χ0n) is 10.2. The molecule has 0 radical (unpaired) electrons. The van der Waals surface area contributed by atoms with E-state index in [-0.39, 0.29) is 0 Å². The van der Waals surface area contributed by atoms with Crippen molar-refractivity contribution in [3.05, 3.63) is 43.6 Å². The van der Waals surface area contributed by atoms with Crippen LogP contribution in [0.15, 0.2) is 16.6 Å².